The normalized spacial score (nSPS) is 10.6. The minimum atomic E-state index is -0.739. The highest BCUT2D eigenvalue weighted by molar-refractivity contribution is 6.31. The Kier molecular flexibility index (Phi) is 6.63. The number of nitrogens with one attached hydrogen (secondary N) is 1. The molecule has 140 valence electrons. The molecule has 2 rings (SSSR count). The van der Waals surface area contributed by atoms with E-state index >= 15 is 0 Å². The number of carbonyl (C=O) groups excluding carboxylic acids is 3. The standard InChI is InChI=1S/C18H21ClN2O5/c1-4-20-15(22)9-21(5-2)16(23)10-25-18(24)17-11(3)13-8-12(19)6-7-14(13)26-17/h6-8H,4-5,9-10H2,1-3H3,(H,20,22). The van der Waals surface area contributed by atoms with Crippen LogP contribution < -0.4 is 5.32 Å². The third-order valence-electron chi connectivity index (χ3n) is 3.85. The maximum atomic E-state index is 12.3. The first kappa shape index (κ1) is 19.8. The van der Waals surface area contributed by atoms with Crippen molar-refractivity contribution in [3.8, 4) is 0 Å². The molecule has 0 saturated carbocycles. The van der Waals surface area contributed by atoms with Crippen molar-refractivity contribution in [3.63, 3.8) is 0 Å². The number of nitrogens with zero attached hydrogens (tertiary/aromatic N) is 1. The summed E-state index contributed by atoms with van der Waals surface area (Å²) in [4.78, 5) is 37.4. The van der Waals surface area contributed by atoms with Crippen molar-refractivity contribution >= 4 is 40.4 Å². The average molecular weight is 381 g/mol. The fourth-order valence-electron chi connectivity index (χ4n) is 2.47. The molecular weight excluding hydrogens is 360 g/mol. The number of furan rings is 1. The number of likely N-dealkylation sites (N-methyl/N-ethyl adjacent to an activating group) is 2. The molecule has 0 bridgehead atoms. The molecule has 0 radical (unpaired) electrons. The number of amides is 2. The van der Waals surface area contributed by atoms with Gasteiger partial charge in [0.1, 0.15) is 5.58 Å². The van der Waals surface area contributed by atoms with Crippen molar-refractivity contribution in [2.24, 2.45) is 0 Å². The SMILES string of the molecule is CCNC(=O)CN(CC)C(=O)COC(=O)c1oc2ccc(Cl)cc2c1C. The van der Waals surface area contributed by atoms with Gasteiger partial charge in [0.05, 0.1) is 6.54 Å². The van der Waals surface area contributed by atoms with Crippen LogP contribution in [0.2, 0.25) is 5.02 Å². The number of carbonyl (C=O) groups is 3. The number of esters is 1. The predicted octanol–water partition coefficient (Wildman–Crippen LogP) is 2.54. The summed E-state index contributed by atoms with van der Waals surface area (Å²) in [5, 5.41) is 3.86. The molecule has 8 heteroatoms. The Balaban J connectivity index is 2.02. The predicted molar refractivity (Wildman–Crippen MR) is 97.2 cm³/mol. The van der Waals surface area contributed by atoms with Crippen molar-refractivity contribution in [3.05, 3.63) is 34.5 Å². The van der Waals surface area contributed by atoms with Crippen LogP contribution in [0.4, 0.5) is 0 Å². The third-order valence-corrected chi connectivity index (χ3v) is 4.09. The number of aryl methyl sites for hydroxylation is 1. The van der Waals surface area contributed by atoms with E-state index in [1.807, 2.05) is 0 Å². The molecule has 1 aromatic carbocycles. The number of hydrogen-bond donors (Lipinski definition) is 1. The van der Waals surface area contributed by atoms with Gasteiger partial charge in [-0.2, -0.15) is 0 Å². The Bertz CT molecular complexity index is 830. The smallest absolute Gasteiger partial charge is 0.375 e. The molecule has 26 heavy (non-hydrogen) atoms. The van der Waals surface area contributed by atoms with E-state index in [1.165, 1.54) is 4.90 Å². The van der Waals surface area contributed by atoms with E-state index in [2.05, 4.69) is 5.32 Å². The Morgan fingerprint density at radius 3 is 2.65 bits per heavy atom. The van der Waals surface area contributed by atoms with Crippen molar-refractivity contribution in [1.29, 1.82) is 0 Å². The highest BCUT2D eigenvalue weighted by atomic mass is 35.5. The van der Waals surface area contributed by atoms with E-state index in [-0.39, 0.29) is 18.2 Å². The maximum Gasteiger partial charge on any atom is 0.375 e. The number of rotatable bonds is 7. The van der Waals surface area contributed by atoms with Crippen LogP contribution in [0.25, 0.3) is 11.0 Å². The first-order chi connectivity index (χ1) is 12.4. The first-order valence-electron chi connectivity index (χ1n) is 8.27. The summed E-state index contributed by atoms with van der Waals surface area (Å²) >= 11 is 5.96. The van der Waals surface area contributed by atoms with Crippen LogP contribution in [0.15, 0.2) is 22.6 Å². The number of halogens is 1. The summed E-state index contributed by atoms with van der Waals surface area (Å²) in [5.74, 6) is -1.43. The van der Waals surface area contributed by atoms with Crippen molar-refractivity contribution in [1.82, 2.24) is 10.2 Å². The molecule has 1 heterocycles. The Morgan fingerprint density at radius 1 is 1.27 bits per heavy atom. The molecule has 7 nitrogen and oxygen atoms in total. The maximum absolute atomic E-state index is 12.3. The van der Waals surface area contributed by atoms with Gasteiger partial charge in [-0.05, 0) is 39.0 Å². The van der Waals surface area contributed by atoms with Gasteiger partial charge in [-0.15, -0.1) is 0 Å². The van der Waals surface area contributed by atoms with Crippen LogP contribution in [0.5, 0.6) is 0 Å². The minimum Gasteiger partial charge on any atom is -0.450 e. The molecule has 1 N–H and O–H groups in total. The van der Waals surface area contributed by atoms with E-state index in [1.54, 1.807) is 39.0 Å². The molecule has 2 aromatic rings. The number of hydrogen-bond acceptors (Lipinski definition) is 5. The summed E-state index contributed by atoms with van der Waals surface area (Å²) in [6.45, 7) is 5.51. The second kappa shape index (κ2) is 8.71. The second-order valence-electron chi connectivity index (χ2n) is 5.63. The van der Waals surface area contributed by atoms with E-state index in [0.29, 0.717) is 34.6 Å². The Hall–Kier alpha value is -2.54. The number of fused-ring (bicyclic) bond motifs is 1. The minimum absolute atomic E-state index is 0.0295. The molecule has 0 atom stereocenters. The zero-order chi connectivity index (χ0) is 19.3. The third kappa shape index (κ3) is 4.54. The van der Waals surface area contributed by atoms with Gasteiger partial charge in [0.2, 0.25) is 11.7 Å². The molecule has 0 aliphatic carbocycles. The number of benzene rings is 1. The van der Waals surface area contributed by atoms with E-state index in [0.717, 1.165) is 0 Å². The lowest BCUT2D eigenvalue weighted by Crippen LogP contribution is -2.42. The topological polar surface area (TPSA) is 88.9 Å². The quantitative estimate of drug-likeness (QED) is 0.745. The Labute approximate surface area is 156 Å². The summed E-state index contributed by atoms with van der Waals surface area (Å²) in [5.41, 5.74) is 1.10. The Morgan fingerprint density at radius 2 is 2.00 bits per heavy atom. The van der Waals surface area contributed by atoms with Gasteiger partial charge in [0.15, 0.2) is 6.61 Å². The van der Waals surface area contributed by atoms with Crippen molar-refractivity contribution in [2.75, 3.05) is 26.2 Å². The lowest BCUT2D eigenvalue weighted by Gasteiger charge is -2.19. The zero-order valence-corrected chi connectivity index (χ0v) is 15.7. The summed E-state index contributed by atoms with van der Waals surface area (Å²) in [6.07, 6.45) is 0. The lowest BCUT2D eigenvalue weighted by atomic mass is 10.1. The lowest BCUT2D eigenvalue weighted by molar-refractivity contribution is -0.138. The number of ether oxygens (including phenoxy) is 1. The zero-order valence-electron chi connectivity index (χ0n) is 14.9. The van der Waals surface area contributed by atoms with E-state index < -0.39 is 18.5 Å². The molecule has 1 aromatic heterocycles. The highest BCUT2D eigenvalue weighted by Crippen LogP contribution is 2.28. The monoisotopic (exact) mass is 380 g/mol. The van der Waals surface area contributed by atoms with Crippen molar-refractivity contribution < 1.29 is 23.5 Å². The van der Waals surface area contributed by atoms with Gasteiger partial charge >= 0.3 is 5.97 Å². The van der Waals surface area contributed by atoms with Crippen LogP contribution in [-0.4, -0.2) is 48.9 Å². The van der Waals surface area contributed by atoms with Crippen LogP contribution in [0.3, 0.4) is 0 Å². The fraction of sp³-hybridized carbons (Fsp3) is 0.389. The van der Waals surface area contributed by atoms with Crippen LogP contribution >= 0.6 is 11.6 Å². The van der Waals surface area contributed by atoms with E-state index in [4.69, 9.17) is 20.8 Å². The largest absolute Gasteiger partial charge is 0.450 e. The van der Waals surface area contributed by atoms with Crippen LogP contribution in [-0.2, 0) is 14.3 Å². The molecule has 0 aliphatic heterocycles. The van der Waals surface area contributed by atoms with Gasteiger partial charge in [0, 0.05) is 29.1 Å². The van der Waals surface area contributed by atoms with Gasteiger partial charge in [0.25, 0.3) is 5.91 Å². The van der Waals surface area contributed by atoms with Crippen molar-refractivity contribution in [2.45, 2.75) is 20.8 Å². The molecular formula is C18H21ClN2O5. The summed E-state index contributed by atoms with van der Waals surface area (Å²) in [7, 11) is 0. The molecule has 0 spiro atoms. The molecule has 2 amide bonds. The van der Waals surface area contributed by atoms with Gasteiger partial charge < -0.3 is 19.4 Å². The average Bonchev–Trinajstić information content (AvgIpc) is 2.94. The summed E-state index contributed by atoms with van der Waals surface area (Å²) in [6, 6.07) is 5.02. The van der Waals surface area contributed by atoms with Gasteiger partial charge in [-0.25, -0.2) is 4.79 Å². The second-order valence-corrected chi connectivity index (χ2v) is 6.07. The molecule has 0 saturated heterocycles. The first-order valence-corrected chi connectivity index (χ1v) is 8.65. The van der Waals surface area contributed by atoms with Crippen LogP contribution in [0.1, 0.15) is 30.0 Å². The van der Waals surface area contributed by atoms with Crippen LogP contribution in [0, 0.1) is 6.92 Å². The molecule has 0 aliphatic rings. The molecule has 0 unspecified atom stereocenters. The van der Waals surface area contributed by atoms with E-state index in [9.17, 15) is 14.4 Å². The van der Waals surface area contributed by atoms with Gasteiger partial charge in [-0.3, -0.25) is 9.59 Å². The molecule has 0 fully saturated rings. The highest BCUT2D eigenvalue weighted by Gasteiger charge is 2.22. The fourth-order valence-corrected chi connectivity index (χ4v) is 2.65. The summed E-state index contributed by atoms with van der Waals surface area (Å²) < 4.78 is 10.6. The van der Waals surface area contributed by atoms with Gasteiger partial charge in [-0.1, -0.05) is 11.6 Å².